The second-order valence-electron chi connectivity index (χ2n) is 4.58. The van der Waals surface area contributed by atoms with Gasteiger partial charge in [0.15, 0.2) is 5.16 Å². The topological polar surface area (TPSA) is 69.1 Å². The Morgan fingerprint density at radius 1 is 1.43 bits per heavy atom. The van der Waals surface area contributed by atoms with E-state index in [2.05, 4.69) is 26.1 Å². The first-order chi connectivity index (χ1) is 11.1. The number of methoxy groups -OCH3 is 1. The van der Waals surface area contributed by atoms with Gasteiger partial charge in [-0.25, -0.2) is 9.89 Å². The monoisotopic (exact) mass is 421 g/mol. The summed E-state index contributed by atoms with van der Waals surface area (Å²) < 4.78 is 13.1. The molecule has 0 aliphatic heterocycles. The lowest BCUT2D eigenvalue weighted by molar-refractivity contribution is 0.189. The molecule has 0 spiro atoms. The molecule has 0 unspecified atom stereocenters. The van der Waals surface area contributed by atoms with Crippen LogP contribution < -0.4 is 10.4 Å². The molecule has 0 radical (unpaired) electrons. The summed E-state index contributed by atoms with van der Waals surface area (Å²) in [6, 6.07) is 5.37. The first-order valence-corrected chi connectivity index (χ1v) is 9.12. The fourth-order valence-corrected chi connectivity index (χ4v) is 3.44. The highest BCUT2D eigenvalue weighted by molar-refractivity contribution is 9.10. The van der Waals surface area contributed by atoms with Gasteiger partial charge in [-0.05, 0) is 40.5 Å². The van der Waals surface area contributed by atoms with Gasteiger partial charge in [0.25, 0.3) is 0 Å². The predicted molar refractivity (Wildman–Crippen MR) is 94.7 cm³/mol. The maximum absolute atomic E-state index is 11.7. The Hall–Kier alpha value is -0.960. The fraction of sp³-hybridized carbons (Fsp3) is 0.429. The van der Waals surface area contributed by atoms with Crippen LogP contribution in [0.25, 0.3) is 0 Å². The van der Waals surface area contributed by atoms with Crippen LogP contribution in [0.4, 0.5) is 0 Å². The number of hydrogen-bond acceptors (Lipinski definition) is 5. The summed E-state index contributed by atoms with van der Waals surface area (Å²) in [5, 5.41) is 7.81. The van der Waals surface area contributed by atoms with Gasteiger partial charge in [-0.2, -0.15) is 0 Å². The molecule has 0 amide bonds. The number of H-pyrrole nitrogens is 1. The van der Waals surface area contributed by atoms with Gasteiger partial charge in [-0.1, -0.05) is 23.4 Å². The van der Waals surface area contributed by atoms with Crippen LogP contribution in [0.1, 0.15) is 6.42 Å². The van der Waals surface area contributed by atoms with Gasteiger partial charge < -0.3 is 9.47 Å². The minimum atomic E-state index is -0.204. The van der Waals surface area contributed by atoms with Crippen molar-refractivity contribution in [3.63, 3.8) is 0 Å². The molecular formula is C14H17BrClN3O3S. The van der Waals surface area contributed by atoms with E-state index in [1.165, 1.54) is 11.8 Å². The maximum atomic E-state index is 11.7. The molecule has 1 aromatic heterocycles. The number of halogens is 2. The molecule has 23 heavy (non-hydrogen) atoms. The molecule has 9 heteroatoms. The number of thioether (sulfide) groups is 1. The molecule has 0 saturated heterocycles. The third-order valence-corrected chi connectivity index (χ3v) is 4.71. The van der Waals surface area contributed by atoms with Gasteiger partial charge in [-0.3, -0.25) is 4.57 Å². The molecule has 0 aliphatic rings. The molecule has 0 atom stereocenters. The Morgan fingerprint density at radius 2 is 2.26 bits per heavy atom. The van der Waals surface area contributed by atoms with Crippen molar-refractivity contribution in [2.45, 2.75) is 18.1 Å². The van der Waals surface area contributed by atoms with Crippen molar-refractivity contribution in [3.05, 3.63) is 38.2 Å². The van der Waals surface area contributed by atoms with Crippen LogP contribution in [0.5, 0.6) is 5.75 Å². The second kappa shape index (κ2) is 9.36. The van der Waals surface area contributed by atoms with E-state index < -0.39 is 0 Å². The highest BCUT2D eigenvalue weighted by Gasteiger charge is 2.09. The SMILES string of the molecule is COCCCn1c(SCCOc2ccc(Cl)cc2Br)n[nH]c1=O. The first kappa shape index (κ1) is 18.4. The van der Waals surface area contributed by atoms with Crippen molar-refractivity contribution < 1.29 is 9.47 Å². The van der Waals surface area contributed by atoms with Gasteiger partial charge in [0.2, 0.25) is 0 Å². The summed E-state index contributed by atoms with van der Waals surface area (Å²) in [6.45, 7) is 1.68. The third-order valence-electron chi connectivity index (χ3n) is 2.92. The summed E-state index contributed by atoms with van der Waals surface area (Å²) in [5.41, 5.74) is -0.204. The quantitative estimate of drug-likeness (QED) is 0.496. The molecule has 0 bridgehead atoms. The van der Waals surface area contributed by atoms with Crippen LogP contribution in [-0.4, -0.2) is 40.8 Å². The lowest BCUT2D eigenvalue weighted by Crippen LogP contribution is -2.18. The van der Waals surface area contributed by atoms with E-state index in [1.54, 1.807) is 23.8 Å². The van der Waals surface area contributed by atoms with E-state index in [1.807, 2.05) is 6.07 Å². The van der Waals surface area contributed by atoms with Crippen molar-refractivity contribution in [2.24, 2.45) is 0 Å². The van der Waals surface area contributed by atoms with E-state index in [0.29, 0.717) is 35.7 Å². The minimum absolute atomic E-state index is 0.204. The maximum Gasteiger partial charge on any atom is 0.343 e. The standard InChI is InChI=1S/C14H17BrClN3O3S/c1-21-6-2-5-19-13(20)17-18-14(19)23-8-7-22-12-4-3-10(16)9-11(12)15/h3-4,9H,2,5-8H2,1H3,(H,17,20). The van der Waals surface area contributed by atoms with Gasteiger partial charge >= 0.3 is 5.69 Å². The number of nitrogens with one attached hydrogen (secondary N) is 1. The molecule has 1 aromatic carbocycles. The lowest BCUT2D eigenvalue weighted by atomic mass is 10.3. The molecule has 0 aliphatic carbocycles. The molecule has 1 N–H and O–H groups in total. The number of aromatic nitrogens is 3. The van der Waals surface area contributed by atoms with E-state index in [4.69, 9.17) is 21.1 Å². The summed E-state index contributed by atoms with van der Waals surface area (Å²) >= 11 is 10.8. The van der Waals surface area contributed by atoms with Crippen LogP contribution >= 0.6 is 39.3 Å². The van der Waals surface area contributed by atoms with Crippen molar-refractivity contribution in [2.75, 3.05) is 26.1 Å². The number of ether oxygens (including phenoxy) is 2. The Balaban J connectivity index is 1.83. The lowest BCUT2D eigenvalue weighted by Gasteiger charge is -2.08. The predicted octanol–water partition coefficient (Wildman–Crippen LogP) is 3.19. The molecule has 6 nitrogen and oxygen atoms in total. The smallest absolute Gasteiger partial charge is 0.343 e. The van der Waals surface area contributed by atoms with Crippen molar-refractivity contribution in [1.29, 1.82) is 0 Å². The van der Waals surface area contributed by atoms with E-state index in [0.717, 1.165) is 16.6 Å². The van der Waals surface area contributed by atoms with Crippen LogP contribution in [0.15, 0.2) is 32.6 Å². The molecule has 0 fully saturated rings. The number of nitrogens with zero attached hydrogens (tertiary/aromatic N) is 2. The highest BCUT2D eigenvalue weighted by Crippen LogP contribution is 2.28. The molecule has 126 valence electrons. The van der Waals surface area contributed by atoms with Gasteiger partial charge in [-0.15, -0.1) is 5.10 Å². The summed E-state index contributed by atoms with van der Waals surface area (Å²) in [5.74, 6) is 1.40. The Morgan fingerprint density at radius 3 is 3.00 bits per heavy atom. The van der Waals surface area contributed by atoms with E-state index in [-0.39, 0.29) is 5.69 Å². The summed E-state index contributed by atoms with van der Waals surface area (Å²) in [7, 11) is 1.64. The van der Waals surface area contributed by atoms with Crippen LogP contribution in [0.2, 0.25) is 5.02 Å². The van der Waals surface area contributed by atoms with Gasteiger partial charge in [0.1, 0.15) is 5.75 Å². The zero-order valence-electron chi connectivity index (χ0n) is 12.6. The molecule has 0 saturated carbocycles. The normalized spacial score (nSPS) is 10.9. The van der Waals surface area contributed by atoms with E-state index in [9.17, 15) is 4.79 Å². The number of rotatable bonds is 9. The molecule has 2 aromatic rings. The number of hydrogen-bond donors (Lipinski definition) is 1. The van der Waals surface area contributed by atoms with Crippen LogP contribution in [-0.2, 0) is 11.3 Å². The Kier molecular flexibility index (Phi) is 7.48. The number of aromatic amines is 1. The summed E-state index contributed by atoms with van der Waals surface area (Å²) in [4.78, 5) is 11.7. The zero-order valence-corrected chi connectivity index (χ0v) is 15.7. The Labute approximate surface area is 151 Å². The minimum Gasteiger partial charge on any atom is -0.492 e. The van der Waals surface area contributed by atoms with Crippen LogP contribution in [0.3, 0.4) is 0 Å². The molecule has 2 rings (SSSR count). The van der Waals surface area contributed by atoms with Crippen LogP contribution in [0, 0.1) is 0 Å². The largest absolute Gasteiger partial charge is 0.492 e. The van der Waals surface area contributed by atoms with Crippen molar-refractivity contribution in [1.82, 2.24) is 14.8 Å². The zero-order chi connectivity index (χ0) is 16.7. The molecule has 1 heterocycles. The fourth-order valence-electron chi connectivity index (χ4n) is 1.85. The van der Waals surface area contributed by atoms with Crippen molar-refractivity contribution in [3.8, 4) is 5.75 Å². The first-order valence-electron chi connectivity index (χ1n) is 6.96. The average Bonchev–Trinajstić information content (AvgIpc) is 2.86. The third kappa shape index (κ3) is 5.56. The Bertz CT molecular complexity index is 692. The summed E-state index contributed by atoms with van der Waals surface area (Å²) in [6.07, 6.45) is 0.762. The van der Waals surface area contributed by atoms with Gasteiger partial charge in [0.05, 0.1) is 11.1 Å². The van der Waals surface area contributed by atoms with Crippen molar-refractivity contribution >= 4 is 39.3 Å². The van der Waals surface area contributed by atoms with E-state index >= 15 is 0 Å². The van der Waals surface area contributed by atoms with Gasteiger partial charge in [0, 0.05) is 31.0 Å². The molecular weight excluding hydrogens is 406 g/mol. The average molecular weight is 423 g/mol. The number of benzene rings is 1. The highest BCUT2D eigenvalue weighted by atomic mass is 79.9. The second-order valence-corrected chi connectivity index (χ2v) is 6.93.